The van der Waals surface area contributed by atoms with E-state index in [0.29, 0.717) is 30.0 Å². The van der Waals surface area contributed by atoms with Crippen molar-refractivity contribution in [3.8, 4) is 5.75 Å². The predicted octanol–water partition coefficient (Wildman–Crippen LogP) is 1.20. The molecule has 0 radical (unpaired) electrons. The number of likely N-dealkylation sites (N-methyl/N-ethyl adjacent to an activating group) is 1. The second-order valence-electron chi connectivity index (χ2n) is 4.71. The number of nitrogens with zero attached hydrogens (tertiary/aromatic N) is 1. The van der Waals surface area contributed by atoms with Gasteiger partial charge >= 0.3 is 0 Å². The van der Waals surface area contributed by atoms with Crippen LogP contribution in [0.2, 0.25) is 0 Å². The number of primary sulfonamides is 1. The van der Waals surface area contributed by atoms with Crippen LogP contribution in [0.15, 0.2) is 17.0 Å². The summed E-state index contributed by atoms with van der Waals surface area (Å²) < 4.78 is 28.4. The molecule has 0 unspecified atom stereocenters. The van der Waals surface area contributed by atoms with Crippen LogP contribution >= 0.6 is 0 Å². The van der Waals surface area contributed by atoms with Gasteiger partial charge in [-0.15, -0.1) is 0 Å². The van der Waals surface area contributed by atoms with Crippen LogP contribution in [0.25, 0.3) is 0 Å². The molecule has 21 heavy (non-hydrogen) atoms. The van der Waals surface area contributed by atoms with Gasteiger partial charge in [0.25, 0.3) is 5.91 Å². The Labute approximate surface area is 125 Å². The molecule has 1 amide bonds. The Kier molecular flexibility index (Phi) is 5.74. The van der Waals surface area contributed by atoms with Crippen LogP contribution in [0.1, 0.15) is 25.0 Å². The standard InChI is InChI=1S/C14H22N2O4S/c1-5-16(6-2)14(17)9-20-12-7-8-13(21(15,18)19)11(4)10(12)3/h7-8H,5-6,9H2,1-4H3,(H2,15,18,19). The fourth-order valence-corrected chi connectivity index (χ4v) is 2.88. The van der Waals surface area contributed by atoms with Crippen molar-refractivity contribution in [3.63, 3.8) is 0 Å². The van der Waals surface area contributed by atoms with Gasteiger partial charge in [-0.2, -0.15) is 0 Å². The summed E-state index contributed by atoms with van der Waals surface area (Å²) in [6, 6.07) is 2.92. The van der Waals surface area contributed by atoms with Crippen molar-refractivity contribution in [1.82, 2.24) is 4.90 Å². The Morgan fingerprint density at radius 3 is 2.24 bits per heavy atom. The zero-order valence-corrected chi connectivity index (χ0v) is 13.7. The van der Waals surface area contributed by atoms with Crippen LogP contribution in [0.3, 0.4) is 0 Å². The third kappa shape index (κ3) is 4.18. The molecule has 7 heteroatoms. The molecule has 1 rings (SSSR count). The molecule has 0 aliphatic carbocycles. The Balaban J connectivity index is 2.92. The molecule has 0 atom stereocenters. The van der Waals surface area contributed by atoms with E-state index in [9.17, 15) is 13.2 Å². The highest BCUT2D eigenvalue weighted by Gasteiger charge is 2.17. The summed E-state index contributed by atoms with van der Waals surface area (Å²) in [7, 11) is -3.76. The van der Waals surface area contributed by atoms with E-state index in [1.54, 1.807) is 18.7 Å². The highest BCUT2D eigenvalue weighted by atomic mass is 32.2. The summed E-state index contributed by atoms with van der Waals surface area (Å²) in [6.45, 7) is 8.38. The average Bonchev–Trinajstić information content (AvgIpc) is 2.40. The molecule has 6 nitrogen and oxygen atoms in total. The Hall–Kier alpha value is -1.60. The SMILES string of the molecule is CCN(CC)C(=O)COc1ccc(S(N)(=O)=O)c(C)c1C. The largest absolute Gasteiger partial charge is 0.483 e. The normalized spacial score (nSPS) is 11.3. The van der Waals surface area contributed by atoms with Crippen LogP contribution in [0, 0.1) is 13.8 Å². The molecule has 0 fully saturated rings. The van der Waals surface area contributed by atoms with Crippen molar-refractivity contribution < 1.29 is 17.9 Å². The monoisotopic (exact) mass is 314 g/mol. The fourth-order valence-electron chi connectivity index (χ4n) is 2.04. The van der Waals surface area contributed by atoms with Crippen molar-refractivity contribution in [2.24, 2.45) is 5.14 Å². The summed E-state index contributed by atoms with van der Waals surface area (Å²) in [6.07, 6.45) is 0. The Morgan fingerprint density at radius 2 is 1.76 bits per heavy atom. The third-order valence-corrected chi connectivity index (χ3v) is 4.52. The van der Waals surface area contributed by atoms with Crippen molar-refractivity contribution in [1.29, 1.82) is 0 Å². The van der Waals surface area contributed by atoms with Gasteiger partial charge in [0.15, 0.2) is 6.61 Å². The molecule has 0 aliphatic heterocycles. The molecule has 2 N–H and O–H groups in total. The first-order valence-electron chi connectivity index (χ1n) is 6.75. The first kappa shape index (κ1) is 17.5. The van der Waals surface area contributed by atoms with E-state index in [4.69, 9.17) is 9.88 Å². The predicted molar refractivity (Wildman–Crippen MR) is 80.7 cm³/mol. The lowest BCUT2D eigenvalue weighted by molar-refractivity contribution is -0.132. The van der Waals surface area contributed by atoms with Gasteiger partial charge in [-0.1, -0.05) is 0 Å². The highest BCUT2D eigenvalue weighted by Crippen LogP contribution is 2.26. The number of carbonyl (C=O) groups is 1. The number of sulfonamides is 1. The van der Waals surface area contributed by atoms with Crippen LogP contribution in [-0.2, 0) is 14.8 Å². The maximum absolute atomic E-state index is 11.9. The zero-order chi connectivity index (χ0) is 16.2. The minimum Gasteiger partial charge on any atom is -0.483 e. The van der Waals surface area contributed by atoms with Gasteiger partial charge in [0.05, 0.1) is 4.90 Å². The topological polar surface area (TPSA) is 89.7 Å². The lowest BCUT2D eigenvalue weighted by Crippen LogP contribution is -2.34. The van der Waals surface area contributed by atoms with E-state index in [2.05, 4.69) is 0 Å². The molecular weight excluding hydrogens is 292 g/mol. The first-order valence-corrected chi connectivity index (χ1v) is 8.30. The summed E-state index contributed by atoms with van der Waals surface area (Å²) in [4.78, 5) is 13.6. The van der Waals surface area contributed by atoms with Crippen molar-refractivity contribution in [2.45, 2.75) is 32.6 Å². The Morgan fingerprint density at radius 1 is 1.19 bits per heavy atom. The molecule has 118 valence electrons. The molecule has 0 saturated heterocycles. The molecule has 1 aromatic carbocycles. The van der Waals surface area contributed by atoms with Gasteiger partial charge in [0, 0.05) is 13.1 Å². The number of benzene rings is 1. The number of amides is 1. The number of rotatable bonds is 6. The molecule has 0 spiro atoms. The van der Waals surface area contributed by atoms with Gasteiger partial charge in [0.1, 0.15) is 5.75 Å². The minimum atomic E-state index is -3.76. The van der Waals surface area contributed by atoms with Crippen LogP contribution in [-0.4, -0.2) is 38.9 Å². The smallest absolute Gasteiger partial charge is 0.260 e. The van der Waals surface area contributed by atoms with E-state index in [-0.39, 0.29) is 17.4 Å². The molecular formula is C14H22N2O4S. The molecule has 1 aromatic rings. The third-order valence-electron chi connectivity index (χ3n) is 3.46. The number of carbonyl (C=O) groups excluding carboxylic acids is 1. The summed E-state index contributed by atoms with van der Waals surface area (Å²) in [5.74, 6) is 0.382. The lowest BCUT2D eigenvalue weighted by Gasteiger charge is -2.19. The molecule has 0 aliphatic rings. The zero-order valence-electron chi connectivity index (χ0n) is 12.8. The number of hydrogen-bond acceptors (Lipinski definition) is 4. The van der Waals surface area contributed by atoms with Gasteiger partial charge in [0.2, 0.25) is 10.0 Å². The summed E-state index contributed by atoms with van der Waals surface area (Å²) in [5.41, 5.74) is 1.19. The fraction of sp³-hybridized carbons (Fsp3) is 0.500. The van der Waals surface area contributed by atoms with Crippen molar-refractivity contribution >= 4 is 15.9 Å². The van der Waals surface area contributed by atoms with Crippen LogP contribution in [0.5, 0.6) is 5.75 Å². The van der Waals surface area contributed by atoms with Crippen molar-refractivity contribution in [2.75, 3.05) is 19.7 Å². The van der Waals surface area contributed by atoms with E-state index in [1.165, 1.54) is 12.1 Å². The lowest BCUT2D eigenvalue weighted by atomic mass is 10.1. The highest BCUT2D eigenvalue weighted by molar-refractivity contribution is 7.89. The van der Waals surface area contributed by atoms with Crippen LogP contribution < -0.4 is 9.88 Å². The van der Waals surface area contributed by atoms with Crippen molar-refractivity contribution in [3.05, 3.63) is 23.3 Å². The first-order chi connectivity index (χ1) is 9.72. The Bertz CT molecular complexity index is 622. The number of hydrogen-bond donors (Lipinski definition) is 1. The van der Waals surface area contributed by atoms with E-state index in [1.807, 2.05) is 13.8 Å². The number of ether oxygens (including phenoxy) is 1. The van der Waals surface area contributed by atoms with E-state index < -0.39 is 10.0 Å². The van der Waals surface area contributed by atoms with Gasteiger partial charge in [-0.25, -0.2) is 13.6 Å². The maximum Gasteiger partial charge on any atom is 0.260 e. The van der Waals surface area contributed by atoms with Gasteiger partial charge < -0.3 is 9.64 Å². The second kappa shape index (κ2) is 6.91. The summed E-state index contributed by atoms with van der Waals surface area (Å²) in [5, 5.41) is 5.15. The molecule has 0 saturated carbocycles. The quantitative estimate of drug-likeness (QED) is 0.854. The second-order valence-corrected chi connectivity index (χ2v) is 6.24. The molecule has 0 bridgehead atoms. The average molecular weight is 314 g/mol. The van der Waals surface area contributed by atoms with Crippen LogP contribution in [0.4, 0.5) is 0 Å². The minimum absolute atomic E-state index is 0.0717. The molecule has 0 heterocycles. The maximum atomic E-state index is 11.9. The molecule has 0 aromatic heterocycles. The summed E-state index contributed by atoms with van der Waals surface area (Å²) >= 11 is 0. The van der Waals surface area contributed by atoms with Gasteiger partial charge in [-0.3, -0.25) is 4.79 Å². The van der Waals surface area contributed by atoms with E-state index in [0.717, 1.165) is 0 Å². The van der Waals surface area contributed by atoms with Gasteiger partial charge in [-0.05, 0) is 51.0 Å². The van der Waals surface area contributed by atoms with E-state index >= 15 is 0 Å². The number of nitrogens with two attached hydrogens (primary N) is 1.